The molecule has 0 aliphatic rings. The summed E-state index contributed by atoms with van der Waals surface area (Å²) in [6, 6.07) is 19.3. The maximum atomic E-state index is 13.9. The van der Waals surface area contributed by atoms with E-state index in [1.165, 1.54) is 0 Å². The van der Waals surface area contributed by atoms with Gasteiger partial charge in [-0.25, -0.2) is 0 Å². The van der Waals surface area contributed by atoms with Gasteiger partial charge in [0.05, 0.1) is 23.2 Å². The molecule has 2 aromatic carbocycles. The highest BCUT2D eigenvalue weighted by Crippen LogP contribution is 2.27. The van der Waals surface area contributed by atoms with Gasteiger partial charge in [0.15, 0.2) is 0 Å². The van der Waals surface area contributed by atoms with E-state index >= 15 is 0 Å². The first-order chi connectivity index (χ1) is 18.0. The molecule has 0 amide bonds. The van der Waals surface area contributed by atoms with Gasteiger partial charge in [-0.05, 0) is 65.8 Å². The Hall–Kier alpha value is -4.24. The van der Waals surface area contributed by atoms with Crippen LogP contribution in [0.2, 0.25) is 0 Å². The monoisotopic (exact) mass is 492 g/mol. The Bertz CT molecular complexity index is 1480. The number of aryl methyl sites for hydroxylation is 2. The van der Waals surface area contributed by atoms with Crippen molar-refractivity contribution in [3.05, 3.63) is 111 Å². The molecule has 0 saturated carbocycles. The summed E-state index contributed by atoms with van der Waals surface area (Å²) in [4.78, 5) is 22.6. The molecule has 4 aromatic rings. The Morgan fingerprint density at radius 1 is 1.11 bits per heavy atom. The van der Waals surface area contributed by atoms with Crippen LogP contribution in [-0.2, 0) is 12.8 Å². The van der Waals surface area contributed by atoms with E-state index in [1.807, 2.05) is 68.6 Å². The summed E-state index contributed by atoms with van der Waals surface area (Å²) >= 11 is 0. The van der Waals surface area contributed by atoms with Crippen molar-refractivity contribution >= 4 is 0 Å². The molecule has 1 N–H and O–H groups in total. The molecule has 0 bridgehead atoms. The zero-order chi connectivity index (χ0) is 26.4. The van der Waals surface area contributed by atoms with Crippen LogP contribution in [0.5, 0.6) is 5.88 Å². The average Bonchev–Trinajstić information content (AvgIpc) is 2.92. The first kappa shape index (κ1) is 25.8. The fourth-order valence-electron chi connectivity index (χ4n) is 4.78. The Morgan fingerprint density at radius 3 is 2.57 bits per heavy atom. The molecule has 2 aromatic heterocycles. The molecule has 0 spiro atoms. The molecule has 0 saturated heterocycles. The molecule has 6 nitrogen and oxygen atoms in total. The topological polar surface area (TPSA) is 91.8 Å². The lowest BCUT2D eigenvalue weighted by Gasteiger charge is -2.23. The van der Waals surface area contributed by atoms with E-state index in [2.05, 4.69) is 23.0 Å². The van der Waals surface area contributed by atoms with Gasteiger partial charge in [-0.2, -0.15) is 10.2 Å². The van der Waals surface area contributed by atoms with Crippen molar-refractivity contribution < 1.29 is 5.11 Å². The number of pyridine rings is 1. The zero-order valence-corrected chi connectivity index (χ0v) is 21.6. The van der Waals surface area contributed by atoms with Gasteiger partial charge in [0.1, 0.15) is 5.82 Å². The zero-order valence-electron chi connectivity index (χ0n) is 21.6. The lowest BCUT2D eigenvalue weighted by atomic mass is 9.98. The van der Waals surface area contributed by atoms with E-state index in [0.717, 1.165) is 40.7 Å². The van der Waals surface area contributed by atoms with Crippen LogP contribution in [0.15, 0.2) is 71.8 Å². The minimum absolute atomic E-state index is 0.206. The lowest BCUT2D eigenvalue weighted by molar-refractivity contribution is 0.420. The number of nitrogens with zero attached hydrogens (tertiary/aromatic N) is 4. The smallest absolute Gasteiger partial charge is 0.261 e. The van der Waals surface area contributed by atoms with Gasteiger partial charge in [0.25, 0.3) is 5.56 Å². The molecule has 0 radical (unpaired) electrons. The lowest BCUT2D eigenvalue weighted by Crippen LogP contribution is -2.32. The van der Waals surface area contributed by atoms with Crippen LogP contribution in [0.3, 0.4) is 0 Å². The first-order valence-electron chi connectivity index (χ1n) is 12.8. The number of aromatic hydroxyl groups is 1. The molecule has 0 aliphatic carbocycles. The third-order valence-electron chi connectivity index (χ3n) is 6.78. The van der Waals surface area contributed by atoms with Crippen LogP contribution in [-0.4, -0.2) is 19.6 Å². The van der Waals surface area contributed by atoms with Gasteiger partial charge in [-0.1, -0.05) is 56.7 Å². The fourth-order valence-corrected chi connectivity index (χ4v) is 4.78. The van der Waals surface area contributed by atoms with Crippen molar-refractivity contribution in [1.29, 1.82) is 5.26 Å². The summed E-state index contributed by atoms with van der Waals surface area (Å²) in [5, 5.41) is 20.3. The number of nitriles is 1. The van der Waals surface area contributed by atoms with E-state index in [-0.39, 0.29) is 29.5 Å². The first-order valence-corrected chi connectivity index (χ1v) is 12.8. The number of unbranched alkanes of at least 4 members (excludes halogenated alkanes) is 1. The second-order valence-corrected chi connectivity index (χ2v) is 9.33. The van der Waals surface area contributed by atoms with Gasteiger partial charge >= 0.3 is 0 Å². The Balaban J connectivity index is 1.76. The van der Waals surface area contributed by atoms with E-state index < -0.39 is 0 Å². The molecule has 0 unspecified atom stereocenters. The second-order valence-electron chi connectivity index (χ2n) is 9.33. The molecule has 1 atom stereocenters. The Kier molecular flexibility index (Phi) is 8.15. The molecular weight excluding hydrogens is 460 g/mol. The summed E-state index contributed by atoms with van der Waals surface area (Å²) in [5.41, 5.74) is 5.67. The molecule has 188 valence electrons. The standard InChI is InChI=1S/C31H32N4O2/c1-4-6-10-29-34-30(36)27(18-22-11-13-24(14-12-22)26-15-16-33-20-21(26)3)31(37)35(29)28(5-2)25-9-7-8-23(17-25)19-32/h7-9,11-17,20,28,36H,4-6,10,18H2,1-3H3/t28-/m0/s1. The van der Waals surface area contributed by atoms with Crippen LogP contribution < -0.4 is 5.56 Å². The van der Waals surface area contributed by atoms with Crippen LogP contribution in [0, 0.1) is 18.3 Å². The maximum Gasteiger partial charge on any atom is 0.261 e. The van der Waals surface area contributed by atoms with Crippen LogP contribution in [0.4, 0.5) is 0 Å². The number of aromatic nitrogens is 3. The van der Waals surface area contributed by atoms with E-state index in [1.54, 1.807) is 16.8 Å². The van der Waals surface area contributed by atoms with Gasteiger partial charge < -0.3 is 5.11 Å². The predicted octanol–water partition coefficient (Wildman–Crippen LogP) is 6.12. The molecule has 4 rings (SSSR count). The minimum Gasteiger partial charge on any atom is -0.493 e. The number of benzene rings is 2. The largest absolute Gasteiger partial charge is 0.493 e. The Labute approximate surface area is 217 Å². The summed E-state index contributed by atoms with van der Waals surface area (Å²) in [6.07, 6.45) is 6.94. The quantitative estimate of drug-likeness (QED) is 0.304. The minimum atomic E-state index is -0.281. The molecular formula is C31H32N4O2. The summed E-state index contributed by atoms with van der Waals surface area (Å²) < 4.78 is 1.73. The van der Waals surface area contributed by atoms with Gasteiger partial charge in [0.2, 0.25) is 5.88 Å². The highest BCUT2D eigenvalue weighted by atomic mass is 16.3. The van der Waals surface area contributed by atoms with Crippen molar-refractivity contribution in [2.45, 2.75) is 58.9 Å². The normalized spacial score (nSPS) is 11.7. The van der Waals surface area contributed by atoms with Crippen LogP contribution >= 0.6 is 0 Å². The molecule has 0 fully saturated rings. The van der Waals surface area contributed by atoms with E-state index in [0.29, 0.717) is 24.2 Å². The van der Waals surface area contributed by atoms with Crippen molar-refractivity contribution in [2.24, 2.45) is 0 Å². The highest BCUT2D eigenvalue weighted by Gasteiger charge is 2.23. The molecule has 0 aliphatic heterocycles. The Morgan fingerprint density at radius 2 is 1.89 bits per heavy atom. The van der Waals surface area contributed by atoms with Gasteiger partial charge in [-0.3, -0.25) is 14.3 Å². The summed E-state index contributed by atoms with van der Waals surface area (Å²) in [7, 11) is 0. The predicted molar refractivity (Wildman–Crippen MR) is 146 cm³/mol. The van der Waals surface area contributed by atoms with Gasteiger partial charge in [-0.15, -0.1) is 0 Å². The number of hydrogen-bond donors (Lipinski definition) is 1. The second kappa shape index (κ2) is 11.7. The van der Waals surface area contributed by atoms with Crippen molar-refractivity contribution in [3.8, 4) is 23.1 Å². The molecule has 6 heteroatoms. The van der Waals surface area contributed by atoms with E-state index in [9.17, 15) is 15.2 Å². The molecule has 2 heterocycles. The van der Waals surface area contributed by atoms with Crippen molar-refractivity contribution in [2.75, 3.05) is 0 Å². The SMILES string of the molecule is CCCCc1nc(O)c(Cc2ccc(-c3ccncc3C)cc2)c(=O)n1[C@@H](CC)c1cccc(C#N)c1. The van der Waals surface area contributed by atoms with Crippen LogP contribution in [0.25, 0.3) is 11.1 Å². The van der Waals surface area contributed by atoms with Crippen molar-refractivity contribution in [1.82, 2.24) is 14.5 Å². The third kappa shape index (κ3) is 5.62. The summed E-state index contributed by atoms with van der Waals surface area (Å²) in [5.74, 6) is 0.368. The summed E-state index contributed by atoms with van der Waals surface area (Å²) in [6.45, 7) is 6.13. The van der Waals surface area contributed by atoms with Gasteiger partial charge in [0, 0.05) is 25.2 Å². The highest BCUT2D eigenvalue weighted by molar-refractivity contribution is 5.66. The fraction of sp³-hybridized carbons (Fsp3) is 0.290. The average molecular weight is 493 g/mol. The number of hydrogen-bond acceptors (Lipinski definition) is 5. The molecule has 37 heavy (non-hydrogen) atoms. The maximum absolute atomic E-state index is 13.9. The third-order valence-corrected chi connectivity index (χ3v) is 6.78. The number of rotatable bonds is 9. The van der Waals surface area contributed by atoms with Crippen molar-refractivity contribution in [3.63, 3.8) is 0 Å². The van der Waals surface area contributed by atoms with Crippen LogP contribution in [0.1, 0.15) is 72.8 Å². The van der Waals surface area contributed by atoms with E-state index in [4.69, 9.17) is 0 Å².